The Morgan fingerprint density at radius 2 is 1.62 bits per heavy atom. The molecule has 0 saturated carbocycles. The second kappa shape index (κ2) is 7.80. The number of carbonyl (C=O) groups is 1. The topological polar surface area (TPSA) is 42.2 Å². The van der Waals surface area contributed by atoms with Crippen LogP contribution >= 0.6 is 0 Å². The predicted octanol–water partition coefficient (Wildman–Crippen LogP) is 6.08. The highest BCUT2D eigenvalue weighted by molar-refractivity contribution is 5.92. The number of aliphatic carboxylic acids is 1. The molecule has 3 nitrogen and oxygen atoms in total. The molecular formula is C26H23NO2. The van der Waals surface area contributed by atoms with E-state index in [4.69, 9.17) is 5.11 Å². The largest absolute Gasteiger partial charge is 0.478 e. The van der Waals surface area contributed by atoms with E-state index in [0.717, 1.165) is 22.0 Å². The standard InChI is InChI=1S/C26H23NO2/c1-18-8-10-21(11-9-18)26(20-6-4-3-5-7-20)27-15-14-23-17-22(12-13-24(23)27)19(2)16-25(28)29/h3-17,26H,1-2H3,(H,28,29)/b19-16+. The molecule has 4 aromatic rings. The molecule has 4 rings (SSSR count). The number of aryl methyl sites for hydroxylation is 1. The summed E-state index contributed by atoms with van der Waals surface area (Å²) < 4.78 is 2.29. The molecule has 0 aliphatic heterocycles. The number of carboxylic acid groups (broad SMARTS) is 1. The lowest BCUT2D eigenvalue weighted by atomic mass is 9.97. The minimum Gasteiger partial charge on any atom is -0.478 e. The van der Waals surface area contributed by atoms with Crippen molar-refractivity contribution >= 4 is 22.4 Å². The molecule has 0 fully saturated rings. The van der Waals surface area contributed by atoms with Crippen LogP contribution < -0.4 is 0 Å². The van der Waals surface area contributed by atoms with Gasteiger partial charge in [0.1, 0.15) is 0 Å². The number of nitrogens with zero attached hydrogens (tertiary/aromatic N) is 1. The predicted molar refractivity (Wildman–Crippen MR) is 118 cm³/mol. The minimum atomic E-state index is -0.927. The van der Waals surface area contributed by atoms with E-state index in [1.165, 1.54) is 22.8 Å². The van der Waals surface area contributed by atoms with Gasteiger partial charge in [0.25, 0.3) is 0 Å². The van der Waals surface area contributed by atoms with E-state index in [-0.39, 0.29) is 6.04 Å². The van der Waals surface area contributed by atoms with Gasteiger partial charge < -0.3 is 9.67 Å². The molecule has 29 heavy (non-hydrogen) atoms. The van der Waals surface area contributed by atoms with Crippen molar-refractivity contribution in [3.8, 4) is 0 Å². The Labute approximate surface area is 170 Å². The van der Waals surface area contributed by atoms with Crippen LogP contribution in [0.5, 0.6) is 0 Å². The second-order valence-corrected chi connectivity index (χ2v) is 7.39. The molecule has 0 radical (unpaired) electrons. The van der Waals surface area contributed by atoms with Crippen LogP contribution in [0.2, 0.25) is 0 Å². The third-order valence-corrected chi connectivity index (χ3v) is 5.30. The Hall–Kier alpha value is -3.59. The van der Waals surface area contributed by atoms with Crippen molar-refractivity contribution in [1.82, 2.24) is 4.57 Å². The van der Waals surface area contributed by atoms with Crippen LogP contribution in [-0.4, -0.2) is 15.6 Å². The molecule has 1 N–H and O–H groups in total. The molecular weight excluding hydrogens is 358 g/mol. The number of aromatic nitrogens is 1. The van der Waals surface area contributed by atoms with Gasteiger partial charge in [-0.3, -0.25) is 0 Å². The van der Waals surface area contributed by atoms with Gasteiger partial charge >= 0.3 is 5.97 Å². The van der Waals surface area contributed by atoms with Gasteiger partial charge in [0.2, 0.25) is 0 Å². The first-order valence-electron chi connectivity index (χ1n) is 9.66. The van der Waals surface area contributed by atoms with Crippen LogP contribution in [0.25, 0.3) is 16.5 Å². The van der Waals surface area contributed by atoms with E-state index in [2.05, 4.69) is 84.4 Å². The molecule has 0 saturated heterocycles. The van der Waals surface area contributed by atoms with Gasteiger partial charge in [-0.25, -0.2) is 4.79 Å². The molecule has 3 heteroatoms. The van der Waals surface area contributed by atoms with Crippen molar-refractivity contribution in [2.45, 2.75) is 19.9 Å². The lowest BCUT2D eigenvalue weighted by Crippen LogP contribution is -2.11. The molecule has 0 amide bonds. The summed E-state index contributed by atoms with van der Waals surface area (Å²) in [6.45, 7) is 3.92. The molecule has 0 spiro atoms. The first-order chi connectivity index (χ1) is 14.0. The molecule has 1 atom stereocenters. The maximum absolute atomic E-state index is 11.0. The number of benzene rings is 3. The van der Waals surface area contributed by atoms with E-state index in [1.54, 1.807) is 0 Å². The average Bonchev–Trinajstić information content (AvgIpc) is 3.13. The number of carboxylic acids is 1. The summed E-state index contributed by atoms with van der Waals surface area (Å²) in [5, 5.41) is 10.1. The molecule has 1 aromatic heterocycles. The minimum absolute atomic E-state index is 0.0656. The van der Waals surface area contributed by atoms with Crippen molar-refractivity contribution < 1.29 is 9.90 Å². The molecule has 1 unspecified atom stereocenters. The molecule has 0 bridgehead atoms. The maximum atomic E-state index is 11.0. The second-order valence-electron chi connectivity index (χ2n) is 7.39. The van der Waals surface area contributed by atoms with E-state index in [0.29, 0.717) is 0 Å². The summed E-state index contributed by atoms with van der Waals surface area (Å²) in [6, 6.07) is 27.4. The number of rotatable bonds is 5. The fraction of sp³-hybridized carbons (Fsp3) is 0.115. The third-order valence-electron chi connectivity index (χ3n) is 5.30. The number of hydrogen-bond acceptors (Lipinski definition) is 1. The van der Waals surface area contributed by atoms with E-state index < -0.39 is 5.97 Å². The van der Waals surface area contributed by atoms with Crippen molar-refractivity contribution in [3.63, 3.8) is 0 Å². The number of fused-ring (bicyclic) bond motifs is 1. The van der Waals surface area contributed by atoms with Crippen LogP contribution in [0.4, 0.5) is 0 Å². The first-order valence-corrected chi connectivity index (χ1v) is 9.66. The Morgan fingerprint density at radius 1 is 0.931 bits per heavy atom. The highest BCUT2D eigenvalue weighted by Crippen LogP contribution is 2.32. The molecule has 3 aromatic carbocycles. The Morgan fingerprint density at radius 3 is 2.31 bits per heavy atom. The van der Waals surface area contributed by atoms with Crippen LogP contribution in [0.1, 0.15) is 35.2 Å². The zero-order valence-corrected chi connectivity index (χ0v) is 16.5. The fourth-order valence-electron chi connectivity index (χ4n) is 3.80. The van der Waals surface area contributed by atoms with Gasteiger partial charge in [0.05, 0.1) is 6.04 Å². The third kappa shape index (κ3) is 3.85. The smallest absolute Gasteiger partial charge is 0.328 e. The van der Waals surface area contributed by atoms with E-state index >= 15 is 0 Å². The summed E-state index contributed by atoms with van der Waals surface area (Å²) in [5.74, 6) is -0.927. The molecule has 1 heterocycles. The summed E-state index contributed by atoms with van der Waals surface area (Å²) in [7, 11) is 0. The van der Waals surface area contributed by atoms with Gasteiger partial charge in [0.15, 0.2) is 0 Å². The summed E-state index contributed by atoms with van der Waals surface area (Å²) in [4.78, 5) is 11.0. The van der Waals surface area contributed by atoms with Gasteiger partial charge in [-0.15, -0.1) is 0 Å². The van der Waals surface area contributed by atoms with E-state index in [1.807, 2.05) is 19.1 Å². The highest BCUT2D eigenvalue weighted by atomic mass is 16.4. The van der Waals surface area contributed by atoms with E-state index in [9.17, 15) is 4.79 Å². The van der Waals surface area contributed by atoms with Gasteiger partial charge in [-0.1, -0.05) is 66.2 Å². The van der Waals surface area contributed by atoms with Gasteiger partial charge in [0, 0.05) is 23.2 Å². The zero-order valence-electron chi connectivity index (χ0n) is 16.5. The fourth-order valence-corrected chi connectivity index (χ4v) is 3.80. The first kappa shape index (κ1) is 18.8. The van der Waals surface area contributed by atoms with Gasteiger partial charge in [-0.05, 0) is 54.3 Å². The Balaban J connectivity index is 1.85. The van der Waals surface area contributed by atoms with Crippen molar-refractivity contribution in [1.29, 1.82) is 0 Å². The van der Waals surface area contributed by atoms with Crippen LogP contribution in [0.3, 0.4) is 0 Å². The van der Waals surface area contributed by atoms with Crippen molar-refractivity contribution in [2.75, 3.05) is 0 Å². The quantitative estimate of drug-likeness (QED) is 0.426. The zero-order chi connectivity index (χ0) is 20.4. The SMILES string of the molecule is C/C(=C\C(=O)O)c1ccc2c(ccn2C(c2ccccc2)c2ccc(C)cc2)c1. The Bertz CT molecular complexity index is 1180. The molecule has 0 aliphatic rings. The lowest BCUT2D eigenvalue weighted by molar-refractivity contribution is -0.131. The summed E-state index contributed by atoms with van der Waals surface area (Å²) in [6.07, 6.45) is 3.36. The van der Waals surface area contributed by atoms with Crippen LogP contribution in [-0.2, 0) is 4.79 Å². The number of allylic oxidation sites excluding steroid dienone is 1. The van der Waals surface area contributed by atoms with Crippen molar-refractivity contribution in [3.05, 3.63) is 113 Å². The Kier molecular flexibility index (Phi) is 5.05. The number of hydrogen-bond donors (Lipinski definition) is 1. The lowest BCUT2D eigenvalue weighted by Gasteiger charge is -2.22. The van der Waals surface area contributed by atoms with Gasteiger partial charge in [-0.2, -0.15) is 0 Å². The highest BCUT2D eigenvalue weighted by Gasteiger charge is 2.18. The summed E-state index contributed by atoms with van der Waals surface area (Å²) in [5.41, 5.74) is 6.47. The monoisotopic (exact) mass is 381 g/mol. The van der Waals surface area contributed by atoms with Crippen LogP contribution in [0.15, 0.2) is 91.1 Å². The summed E-state index contributed by atoms with van der Waals surface area (Å²) >= 11 is 0. The van der Waals surface area contributed by atoms with Crippen LogP contribution in [0, 0.1) is 6.92 Å². The molecule has 0 aliphatic carbocycles. The maximum Gasteiger partial charge on any atom is 0.328 e. The normalized spacial score (nSPS) is 12.8. The molecule has 144 valence electrons. The van der Waals surface area contributed by atoms with Crippen molar-refractivity contribution in [2.24, 2.45) is 0 Å². The average molecular weight is 381 g/mol.